The first-order valence-electron chi connectivity index (χ1n) is 7.28. The molecular formula is C16H15FN6O. The number of aryl methyl sites for hydroxylation is 2. The number of hydrogen-bond acceptors (Lipinski definition) is 5. The van der Waals surface area contributed by atoms with E-state index in [9.17, 15) is 9.18 Å². The van der Waals surface area contributed by atoms with E-state index in [1.54, 1.807) is 38.1 Å². The third kappa shape index (κ3) is 3.43. The number of halogens is 1. The first-order chi connectivity index (χ1) is 11.5. The number of nitrogens with zero attached hydrogens (tertiary/aromatic N) is 4. The number of benzene rings is 1. The number of tetrazole rings is 1. The lowest BCUT2D eigenvalue weighted by Gasteiger charge is -2.08. The van der Waals surface area contributed by atoms with Gasteiger partial charge in [-0.15, -0.1) is 10.2 Å². The molecule has 0 aliphatic rings. The van der Waals surface area contributed by atoms with Crippen LogP contribution >= 0.6 is 0 Å². The molecule has 122 valence electrons. The quantitative estimate of drug-likeness (QED) is 0.764. The molecule has 2 aromatic heterocycles. The van der Waals surface area contributed by atoms with E-state index in [0.717, 1.165) is 5.56 Å². The van der Waals surface area contributed by atoms with Crippen molar-refractivity contribution in [2.45, 2.75) is 20.4 Å². The van der Waals surface area contributed by atoms with Crippen molar-refractivity contribution in [1.82, 2.24) is 30.9 Å². The van der Waals surface area contributed by atoms with Crippen LogP contribution < -0.4 is 5.32 Å². The highest BCUT2D eigenvalue weighted by Gasteiger charge is 2.12. The van der Waals surface area contributed by atoms with E-state index in [1.807, 2.05) is 0 Å². The van der Waals surface area contributed by atoms with Crippen molar-refractivity contribution in [1.29, 1.82) is 0 Å². The van der Waals surface area contributed by atoms with Gasteiger partial charge in [-0.3, -0.25) is 4.79 Å². The topological polar surface area (TPSA) is 96.5 Å². The molecule has 0 aliphatic heterocycles. The van der Waals surface area contributed by atoms with E-state index >= 15 is 0 Å². The van der Waals surface area contributed by atoms with Gasteiger partial charge in [-0.1, -0.05) is 12.1 Å². The van der Waals surface area contributed by atoms with Crippen molar-refractivity contribution in [2.24, 2.45) is 0 Å². The van der Waals surface area contributed by atoms with Crippen molar-refractivity contribution >= 4 is 5.91 Å². The molecule has 0 saturated carbocycles. The molecule has 24 heavy (non-hydrogen) atoms. The monoisotopic (exact) mass is 326 g/mol. The zero-order valence-corrected chi connectivity index (χ0v) is 13.2. The van der Waals surface area contributed by atoms with E-state index in [1.165, 1.54) is 6.07 Å². The van der Waals surface area contributed by atoms with Crippen LogP contribution in [0.25, 0.3) is 11.4 Å². The van der Waals surface area contributed by atoms with Gasteiger partial charge in [-0.05, 0) is 48.4 Å². The van der Waals surface area contributed by atoms with Crippen LogP contribution in [-0.4, -0.2) is 31.5 Å². The second-order valence-electron chi connectivity index (χ2n) is 5.38. The van der Waals surface area contributed by atoms with E-state index in [2.05, 4.69) is 30.9 Å². The fraction of sp³-hybridized carbons (Fsp3) is 0.188. The lowest BCUT2D eigenvalue weighted by Crippen LogP contribution is -2.24. The highest BCUT2D eigenvalue weighted by Crippen LogP contribution is 2.16. The van der Waals surface area contributed by atoms with Gasteiger partial charge in [0.15, 0.2) is 0 Å². The smallest absolute Gasteiger partial charge is 0.270 e. The molecule has 0 fully saturated rings. The minimum absolute atomic E-state index is 0.258. The summed E-state index contributed by atoms with van der Waals surface area (Å²) in [5.74, 6) is -0.204. The van der Waals surface area contributed by atoms with Gasteiger partial charge in [0, 0.05) is 17.8 Å². The van der Waals surface area contributed by atoms with Gasteiger partial charge in [0.25, 0.3) is 5.91 Å². The summed E-state index contributed by atoms with van der Waals surface area (Å²) in [4.78, 5) is 16.6. The van der Waals surface area contributed by atoms with Crippen LogP contribution in [0.5, 0.6) is 0 Å². The van der Waals surface area contributed by atoms with Gasteiger partial charge in [-0.25, -0.2) is 9.37 Å². The van der Waals surface area contributed by atoms with Crippen molar-refractivity contribution in [2.75, 3.05) is 0 Å². The second-order valence-corrected chi connectivity index (χ2v) is 5.38. The Morgan fingerprint density at radius 2 is 2.08 bits per heavy atom. The van der Waals surface area contributed by atoms with Crippen LogP contribution in [0.15, 0.2) is 30.3 Å². The summed E-state index contributed by atoms with van der Waals surface area (Å²) in [5, 5.41) is 16.4. The maximum atomic E-state index is 13.3. The molecule has 0 aliphatic carbocycles. The highest BCUT2D eigenvalue weighted by atomic mass is 19.1. The zero-order chi connectivity index (χ0) is 17.1. The summed E-state index contributed by atoms with van der Waals surface area (Å²) in [6.45, 7) is 3.75. The SMILES string of the molecule is Cc1cc(-c2nn[nH]n2)cc(C(=O)NCc2ccc(F)c(C)c2)n1. The number of carbonyl (C=O) groups is 1. The molecule has 8 heteroatoms. The Hall–Kier alpha value is -3.16. The van der Waals surface area contributed by atoms with Crippen LogP contribution in [0, 0.1) is 19.7 Å². The lowest BCUT2D eigenvalue weighted by atomic mass is 10.1. The number of aromatic nitrogens is 5. The van der Waals surface area contributed by atoms with Gasteiger partial charge in [0.05, 0.1) is 0 Å². The Morgan fingerprint density at radius 3 is 2.79 bits per heavy atom. The highest BCUT2D eigenvalue weighted by molar-refractivity contribution is 5.93. The van der Waals surface area contributed by atoms with Crippen LogP contribution in [0.1, 0.15) is 27.3 Å². The number of rotatable bonds is 4. The fourth-order valence-corrected chi connectivity index (χ4v) is 2.29. The van der Waals surface area contributed by atoms with Crippen molar-refractivity contribution in [3.8, 4) is 11.4 Å². The molecule has 2 N–H and O–H groups in total. The van der Waals surface area contributed by atoms with Crippen molar-refractivity contribution in [3.63, 3.8) is 0 Å². The number of H-pyrrole nitrogens is 1. The summed E-state index contributed by atoms with van der Waals surface area (Å²) in [6, 6.07) is 8.09. The molecule has 2 heterocycles. The number of aromatic amines is 1. The predicted molar refractivity (Wildman–Crippen MR) is 84.5 cm³/mol. The van der Waals surface area contributed by atoms with Crippen LogP contribution in [0.2, 0.25) is 0 Å². The molecule has 0 bridgehead atoms. The molecule has 1 amide bonds. The first-order valence-corrected chi connectivity index (χ1v) is 7.28. The molecule has 3 aromatic rings. The van der Waals surface area contributed by atoms with Gasteiger partial charge >= 0.3 is 0 Å². The van der Waals surface area contributed by atoms with Gasteiger partial charge in [-0.2, -0.15) is 5.21 Å². The molecule has 0 saturated heterocycles. The molecule has 0 unspecified atom stereocenters. The Balaban J connectivity index is 1.76. The maximum Gasteiger partial charge on any atom is 0.270 e. The number of amides is 1. The van der Waals surface area contributed by atoms with Crippen molar-refractivity contribution in [3.05, 3.63) is 58.7 Å². The standard InChI is InChI=1S/C16H15FN6O/c1-9-5-11(3-4-13(9)17)8-18-16(24)14-7-12(6-10(2)19-14)15-20-22-23-21-15/h3-7H,8H2,1-2H3,(H,18,24)(H,20,21,22,23). The van der Waals surface area contributed by atoms with Gasteiger partial charge < -0.3 is 5.32 Å². The second kappa shape index (κ2) is 6.53. The molecule has 3 rings (SSSR count). The number of hydrogen-bond donors (Lipinski definition) is 2. The van der Waals surface area contributed by atoms with E-state index < -0.39 is 0 Å². The Morgan fingerprint density at radius 1 is 1.25 bits per heavy atom. The molecule has 0 atom stereocenters. The number of nitrogens with one attached hydrogen (secondary N) is 2. The summed E-state index contributed by atoms with van der Waals surface area (Å²) in [6.07, 6.45) is 0. The van der Waals surface area contributed by atoms with Gasteiger partial charge in [0.2, 0.25) is 5.82 Å². The Labute approximate surface area is 137 Å². The van der Waals surface area contributed by atoms with E-state index in [4.69, 9.17) is 0 Å². The summed E-state index contributed by atoms with van der Waals surface area (Å²) in [7, 11) is 0. The normalized spacial score (nSPS) is 10.6. The number of pyridine rings is 1. The molecular weight excluding hydrogens is 311 g/mol. The minimum Gasteiger partial charge on any atom is -0.347 e. The first kappa shape index (κ1) is 15.7. The Bertz CT molecular complexity index is 878. The molecule has 0 spiro atoms. The van der Waals surface area contributed by atoms with Crippen molar-refractivity contribution < 1.29 is 9.18 Å². The zero-order valence-electron chi connectivity index (χ0n) is 13.2. The minimum atomic E-state index is -0.328. The van der Waals surface area contributed by atoms with Crippen LogP contribution in [0.4, 0.5) is 4.39 Å². The molecule has 1 aromatic carbocycles. The lowest BCUT2D eigenvalue weighted by molar-refractivity contribution is 0.0945. The van der Waals surface area contributed by atoms with Gasteiger partial charge in [0.1, 0.15) is 11.5 Å². The van der Waals surface area contributed by atoms with E-state index in [-0.39, 0.29) is 24.0 Å². The van der Waals surface area contributed by atoms with Crippen LogP contribution in [-0.2, 0) is 6.54 Å². The summed E-state index contributed by atoms with van der Waals surface area (Å²) < 4.78 is 13.3. The average Bonchev–Trinajstić information content (AvgIpc) is 3.09. The molecule has 7 nitrogen and oxygen atoms in total. The summed E-state index contributed by atoms with van der Waals surface area (Å²) >= 11 is 0. The maximum absolute atomic E-state index is 13.3. The predicted octanol–water partition coefficient (Wildman–Crippen LogP) is 1.95. The number of carbonyl (C=O) groups excluding carboxylic acids is 1. The van der Waals surface area contributed by atoms with Crippen LogP contribution in [0.3, 0.4) is 0 Å². The third-order valence-electron chi connectivity index (χ3n) is 3.47. The van der Waals surface area contributed by atoms with E-state index in [0.29, 0.717) is 22.6 Å². The summed E-state index contributed by atoms with van der Waals surface area (Å²) in [5.41, 5.74) is 2.93. The molecule has 0 radical (unpaired) electrons. The average molecular weight is 326 g/mol. The largest absolute Gasteiger partial charge is 0.347 e. The fourth-order valence-electron chi connectivity index (χ4n) is 2.29. The Kier molecular flexibility index (Phi) is 4.28. The third-order valence-corrected chi connectivity index (χ3v) is 3.47.